The van der Waals surface area contributed by atoms with Gasteiger partial charge in [0.05, 0.1) is 15.6 Å². The van der Waals surface area contributed by atoms with Crippen molar-refractivity contribution in [2.24, 2.45) is 0 Å². The Morgan fingerprint density at radius 1 is 1.35 bits per heavy atom. The first-order valence-corrected chi connectivity index (χ1v) is 7.81. The van der Waals surface area contributed by atoms with E-state index in [4.69, 9.17) is 0 Å². The zero-order valence-electron chi connectivity index (χ0n) is 9.90. The molecule has 2 nitrogen and oxygen atoms in total. The van der Waals surface area contributed by atoms with E-state index in [1.807, 2.05) is 16.8 Å². The van der Waals surface area contributed by atoms with Crippen LogP contribution in [-0.2, 0) is 5.41 Å². The van der Waals surface area contributed by atoms with Crippen molar-refractivity contribution >= 4 is 38.6 Å². The Kier molecular flexibility index (Phi) is 3.73. The summed E-state index contributed by atoms with van der Waals surface area (Å²) < 4.78 is 0.945. The molecule has 0 saturated heterocycles. The minimum atomic E-state index is -0.628. The minimum absolute atomic E-state index is 0.0370. The normalized spacial score (nSPS) is 13.9. The summed E-state index contributed by atoms with van der Waals surface area (Å²) in [6.45, 7) is 6.38. The highest BCUT2D eigenvalue weighted by Crippen LogP contribution is 2.35. The molecule has 2 rings (SSSR count). The van der Waals surface area contributed by atoms with Gasteiger partial charge < -0.3 is 5.11 Å². The van der Waals surface area contributed by atoms with Gasteiger partial charge in [-0.3, -0.25) is 0 Å². The fourth-order valence-corrected chi connectivity index (χ4v) is 3.90. The van der Waals surface area contributed by atoms with Gasteiger partial charge in [-0.25, -0.2) is 4.98 Å². The molecule has 1 atom stereocenters. The molecular formula is C12H14BrNOS2. The first-order chi connectivity index (χ1) is 7.89. The van der Waals surface area contributed by atoms with Gasteiger partial charge in [0.25, 0.3) is 0 Å². The van der Waals surface area contributed by atoms with E-state index in [0.29, 0.717) is 0 Å². The van der Waals surface area contributed by atoms with E-state index in [-0.39, 0.29) is 5.41 Å². The predicted molar refractivity (Wildman–Crippen MR) is 76.9 cm³/mol. The van der Waals surface area contributed by atoms with E-state index in [2.05, 4.69) is 41.7 Å². The van der Waals surface area contributed by atoms with Crippen LogP contribution in [0.1, 0.15) is 42.5 Å². The predicted octanol–water partition coefficient (Wildman–Crippen LogP) is 4.35. The zero-order valence-corrected chi connectivity index (χ0v) is 13.1. The van der Waals surface area contributed by atoms with Crippen molar-refractivity contribution in [2.75, 3.05) is 0 Å². The summed E-state index contributed by atoms with van der Waals surface area (Å²) in [6, 6.07) is 1.94. The second-order valence-electron chi connectivity index (χ2n) is 4.86. The van der Waals surface area contributed by atoms with Crippen LogP contribution in [-0.4, -0.2) is 10.1 Å². The quantitative estimate of drug-likeness (QED) is 0.887. The highest BCUT2D eigenvalue weighted by atomic mass is 79.9. The Morgan fingerprint density at radius 3 is 2.53 bits per heavy atom. The Morgan fingerprint density at radius 2 is 2.06 bits per heavy atom. The average Bonchev–Trinajstić information content (AvgIpc) is 2.83. The first-order valence-electron chi connectivity index (χ1n) is 5.26. The molecular weight excluding hydrogens is 318 g/mol. The lowest BCUT2D eigenvalue weighted by Crippen LogP contribution is -2.11. The van der Waals surface area contributed by atoms with Gasteiger partial charge in [0.2, 0.25) is 0 Å². The summed E-state index contributed by atoms with van der Waals surface area (Å²) in [5.74, 6) is 0. The van der Waals surface area contributed by atoms with Crippen molar-refractivity contribution in [3.63, 3.8) is 0 Å². The number of halogens is 1. The number of hydrogen-bond donors (Lipinski definition) is 1. The molecule has 0 aliphatic rings. The summed E-state index contributed by atoms with van der Waals surface area (Å²) in [6.07, 6.45) is -0.628. The van der Waals surface area contributed by atoms with Crippen LogP contribution in [0.5, 0.6) is 0 Å². The smallest absolute Gasteiger partial charge is 0.132 e. The number of thiophene rings is 1. The van der Waals surface area contributed by atoms with Gasteiger partial charge in [0.15, 0.2) is 0 Å². The lowest BCUT2D eigenvalue weighted by Gasteiger charge is -2.14. The Bertz CT molecular complexity index is 513. The molecule has 1 N–H and O–H groups in total. The molecule has 0 saturated carbocycles. The van der Waals surface area contributed by atoms with Crippen molar-refractivity contribution in [3.8, 4) is 0 Å². The van der Waals surface area contributed by atoms with Crippen molar-refractivity contribution in [2.45, 2.75) is 32.3 Å². The number of aromatic nitrogens is 1. The van der Waals surface area contributed by atoms with Crippen LogP contribution < -0.4 is 0 Å². The molecule has 0 bridgehead atoms. The summed E-state index contributed by atoms with van der Waals surface area (Å²) in [7, 11) is 0. The Balaban J connectivity index is 2.30. The molecule has 1 unspecified atom stereocenters. The Hall–Kier alpha value is -0.230. The molecule has 0 aliphatic heterocycles. The van der Waals surface area contributed by atoms with E-state index >= 15 is 0 Å². The topological polar surface area (TPSA) is 33.1 Å². The van der Waals surface area contributed by atoms with Crippen molar-refractivity contribution in [1.29, 1.82) is 0 Å². The molecule has 0 radical (unpaired) electrons. The van der Waals surface area contributed by atoms with Gasteiger partial charge in [0, 0.05) is 15.3 Å². The van der Waals surface area contributed by atoms with Crippen molar-refractivity contribution in [3.05, 3.63) is 36.9 Å². The molecule has 92 valence electrons. The molecule has 0 fully saturated rings. The standard InChI is InChI=1S/C12H14BrNOS2/c1-12(2,3)11-14-8(6-17-11)9(15)10-7(13)4-5-16-10/h4-6,9,15H,1-3H3. The fraction of sp³-hybridized carbons (Fsp3) is 0.417. The molecule has 0 spiro atoms. The summed E-state index contributed by atoms with van der Waals surface area (Å²) in [5.41, 5.74) is 0.776. The molecule has 0 amide bonds. The number of hydrogen-bond acceptors (Lipinski definition) is 4. The van der Waals surface area contributed by atoms with Gasteiger partial charge >= 0.3 is 0 Å². The zero-order chi connectivity index (χ0) is 12.6. The second-order valence-corrected chi connectivity index (χ2v) is 7.52. The first kappa shape index (κ1) is 13.2. The van der Waals surface area contributed by atoms with E-state index in [1.54, 1.807) is 11.3 Å². The maximum Gasteiger partial charge on any atom is 0.132 e. The molecule has 2 aromatic heterocycles. The van der Waals surface area contributed by atoms with Crippen molar-refractivity contribution in [1.82, 2.24) is 4.98 Å². The monoisotopic (exact) mass is 331 g/mol. The van der Waals surface area contributed by atoms with Gasteiger partial charge in [-0.1, -0.05) is 20.8 Å². The van der Waals surface area contributed by atoms with Crippen LogP contribution >= 0.6 is 38.6 Å². The largest absolute Gasteiger partial charge is 0.381 e. The third-order valence-electron chi connectivity index (χ3n) is 2.34. The maximum absolute atomic E-state index is 10.3. The second kappa shape index (κ2) is 4.80. The summed E-state index contributed by atoms with van der Waals surface area (Å²) in [5, 5.41) is 15.2. The number of thiazole rings is 1. The lowest BCUT2D eigenvalue weighted by molar-refractivity contribution is 0.219. The summed E-state index contributed by atoms with van der Waals surface area (Å²) >= 11 is 6.58. The van der Waals surface area contributed by atoms with Crippen LogP contribution in [0, 0.1) is 0 Å². The molecule has 2 aromatic rings. The van der Waals surface area contributed by atoms with Gasteiger partial charge in [-0.2, -0.15) is 0 Å². The summed E-state index contributed by atoms with van der Waals surface area (Å²) in [4.78, 5) is 5.45. The van der Waals surface area contributed by atoms with Crippen LogP contribution in [0.2, 0.25) is 0 Å². The molecule has 2 heterocycles. The number of aliphatic hydroxyl groups is 1. The average molecular weight is 332 g/mol. The fourth-order valence-electron chi connectivity index (χ4n) is 1.39. The third-order valence-corrected chi connectivity index (χ3v) is 5.55. The third kappa shape index (κ3) is 2.78. The molecule has 0 aromatic carbocycles. The Labute approximate surface area is 117 Å². The number of nitrogens with zero attached hydrogens (tertiary/aromatic N) is 1. The number of aliphatic hydroxyl groups excluding tert-OH is 1. The minimum Gasteiger partial charge on any atom is -0.381 e. The van der Waals surface area contributed by atoms with Crippen LogP contribution in [0.15, 0.2) is 21.3 Å². The molecule has 5 heteroatoms. The van der Waals surface area contributed by atoms with Gasteiger partial charge in [-0.05, 0) is 27.4 Å². The highest BCUT2D eigenvalue weighted by Gasteiger charge is 2.22. The van der Waals surface area contributed by atoms with Crippen LogP contribution in [0.4, 0.5) is 0 Å². The highest BCUT2D eigenvalue weighted by molar-refractivity contribution is 9.10. The van der Waals surface area contributed by atoms with Crippen LogP contribution in [0.25, 0.3) is 0 Å². The maximum atomic E-state index is 10.3. The van der Waals surface area contributed by atoms with Gasteiger partial charge in [-0.15, -0.1) is 22.7 Å². The number of rotatable bonds is 2. The van der Waals surface area contributed by atoms with E-state index in [1.165, 1.54) is 11.3 Å². The van der Waals surface area contributed by atoms with E-state index < -0.39 is 6.10 Å². The van der Waals surface area contributed by atoms with Crippen LogP contribution in [0.3, 0.4) is 0 Å². The van der Waals surface area contributed by atoms with Gasteiger partial charge in [0.1, 0.15) is 6.10 Å². The van der Waals surface area contributed by atoms with E-state index in [0.717, 1.165) is 20.1 Å². The molecule has 0 aliphatic carbocycles. The van der Waals surface area contributed by atoms with Crippen molar-refractivity contribution < 1.29 is 5.11 Å². The molecule has 17 heavy (non-hydrogen) atoms. The SMILES string of the molecule is CC(C)(C)c1nc(C(O)c2sccc2Br)cs1. The van der Waals surface area contributed by atoms with E-state index in [9.17, 15) is 5.11 Å². The lowest BCUT2D eigenvalue weighted by atomic mass is 9.98.